The normalized spacial score (nSPS) is 15.4. The Balaban J connectivity index is 1.47. The minimum absolute atomic E-state index is 0.239. The highest BCUT2D eigenvalue weighted by Crippen LogP contribution is 2.48. The summed E-state index contributed by atoms with van der Waals surface area (Å²) in [6, 6.07) is 3.99. The summed E-state index contributed by atoms with van der Waals surface area (Å²) in [6.45, 7) is 0. The number of rotatable bonds is 4. The van der Waals surface area contributed by atoms with Gasteiger partial charge in [0.05, 0.1) is 17.3 Å². The summed E-state index contributed by atoms with van der Waals surface area (Å²) < 4.78 is 10.6. The zero-order chi connectivity index (χ0) is 18.3. The molecule has 4 aromatic heterocycles. The highest BCUT2D eigenvalue weighted by atomic mass is 16.5. The molecule has 0 saturated heterocycles. The molecule has 1 fully saturated rings. The zero-order valence-electron chi connectivity index (χ0n) is 14.2. The third-order valence-corrected chi connectivity index (χ3v) is 4.99. The first kappa shape index (κ1) is 15.6. The Labute approximate surface area is 153 Å². The van der Waals surface area contributed by atoms with Crippen LogP contribution in [0.15, 0.2) is 52.3 Å². The highest BCUT2D eigenvalue weighted by molar-refractivity contribution is 5.57. The standard InChI is InChI=1S/C18H15N7O2/c19-17-22-6-11(7-23-17)13-3-2-12(8-21-13)18(4-1-5-18)16-24-15(27-25-16)14-9-20-10-26-14/h2-3,6-10H,1,4-5H2,(H2,19,22,23). The van der Waals surface area contributed by atoms with Crippen molar-refractivity contribution in [2.75, 3.05) is 5.73 Å². The third-order valence-electron chi connectivity index (χ3n) is 4.99. The molecule has 1 saturated carbocycles. The molecule has 134 valence electrons. The first-order valence-corrected chi connectivity index (χ1v) is 8.52. The molecule has 9 heteroatoms. The van der Waals surface area contributed by atoms with Crippen molar-refractivity contribution < 1.29 is 8.94 Å². The Morgan fingerprint density at radius 3 is 2.48 bits per heavy atom. The van der Waals surface area contributed by atoms with Gasteiger partial charge < -0.3 is 14.7 Å². The van der Waals surface area contributed by atoms with E-state index in [9.17, 15) is 0 Å². The van der Waals surface area contributed by atoms with E-state index < -0.39 is 0 Å². The van der Waals surface area contributed by atoms with Crippen molar-refractivity contribution >= 4 is 5.95 Å². The summed E-state index contributed by atoms with van der Waals surface area (Å²) in [5, 5.41) is 4.20. The number of aromatic nitrogens is 6. The average Bonchev–Trinajstić information content (AvgIpc) is 3.34. The lowest BCUT2D eigenvalue weighted by atomic mass is 9.64. The topological polar surface area (TPSA) is 130 Å². The molecular weight excluding hydrogens is 346 g/mol. The Morgan fingerprint density at radius 1 is 1.00 bits per heavy atom. The van der Waals surface area contributed by atoms with Gasteiger partial charge in [-0.2, -0.15) is 4.98 Å². The molecule has 0 radical (unpaired) electrons. The van der Waals surface area contributed by atoms with Crippen LogP contribution in [0.2, 0.25) is 0 Å². The van der Waals surface area contributed by atoms with Crippen LogP contribution in [0.25, 0.3) is 22.9 Å². The highest BCUT2D eigenvalue weighted by Gasteiger charge is 2.45. The first-order chi connectivity index (χ1) is 13.2. The molecule has 0 amide bonds. The molecule has 0 aliphatic heterocycles. The van der Waals surface area contributed by atoms with Crippen LogP contribution in [0, 0.1) is 0 Å². The van der Waals surface area contributed by atoms with Gasteiger partial charge in [-0.15, -0.1) is 0 Å². The molecule has 0 bridgehead atoms. The van der Waals surface area contributed by atoms with Gasteiger partial charge in [0.25, 0.3) is 5.89 Å². The van der Waals surface area contributed by atoms with Crippen molar-refractivity contribution in [2.24, 2.45) is 0 Å². The Bertz CT molecular complexity index is 1050. The van der Waals surface area contributed by atoms with Crippen LogP contribution >= 0.6 is 0 Å². The first-order valence-electron chi connectivity index (χ1n) is 8.52. The minimum atomic E-state index is -0.287. The fourth-order valence-corrected chi connectivity index (χ4v) is 3.33. The van der Waals surface area contributed by atoms with Crippen molar-refractivity contribution in [1.82, 2.24) is 30.1 Å². The van der Waals surface area contributed by atoms with E-state index in [1.807, 2.05) is 18.3 Å². The number of oxazole rings is 1. The largest absolute Gasteiger partial charge is 0.438 e. The molecule has 4 aromatic rings. The Morgan fingerprint density at radius 2 is 1.85 bits per heavy atom. The second-order valence-electron chi connectivity index (χ2n) is 6.49. The lowest BCUT2D eigenvalue weighted by Crippen LogP contribution is -2.36. The van der Waals surface area contributed by atoms with Crippen LogP contribution in [0.3, 0.4) is 0 Å². The zero-order valence-corrected chi connectivity index (χ0v) is 14.2. The van der Waals surface area contributed by atoms with E-state index in [1.54, 1.807) is 18.6 Å². The quantitative estimate of drug-likeness (QED) is 0.583. The number of nitrogen functional groups attached to an aromatic ring is 1. The summed E-state index contributed by atoms with van der Waals surface area (Å²) in [6.07, 6.45) is 11.0. The predicted molar refractivity (Wildman–Crippen MR) is 94.1 cm³/mol. The van der Waals surface area contributed by atoms with Crippen LogP contribution < -0.4 is 5.73 Å². The van der Waals surface area contributed by atoms with Crippen LogP contribution in [0.1, 0.15) is 30.7 Å². The second kappa shape index (κ2) is 5.97. The lowest BCUT2D eigenvalue weighted by molar-refractivity contribution is 0.272. The fourth-order valence-electron chi connectivity index (χ4n) is 3.33. The molecule has 0 spiro atoms. The molecular formula is C18H15N7O2. The predicted octanol–water partition coefficient (Wildman–Crippen LogP) is 2.63. The maximum Gasteiger partial charge on any atom is 0.295 e. The Hall–Kier alpha value is -3.62. The van der Waals surface area contributed by atoms with Crippen molar-refractivity contribution in [2.45, 2.75) is 24.7 Å². The van der Waals surface area contributed by atoms with E-state index >= 15 is 0 Å². The summed E-state index contributed by atoms with van der Waals surface area (Å²) in [5.74, 6) is 1.67. The molecule has 1 aliphatic rings. The maximum absolute atomic E-state index is 5.54. The molecule has 5 rings (SSSR count). The summed E-state index contributed by atoms with van der Waals surface area (Å²) >= 11 is 0. The Kier molecular flexibility index (Phi) is 3.46. The average molecular weight is 361 g/mol. The minimum Gasteiger partial charge on any atom is -0.438 e. The van der Waals surface area contributed by atoms with Crippen LogP contribution in [0.5, 0.6) is 0 Å². The molecule has 0 aromatic carbocycles. The number of hydrogen-bond acceptors (Lipinski definition) is 9. The SMILES string of the molecule is Nc1ncc(-c2ccc(C3(c4noc(-c5cnco5)n4)CCC3)cn2)cn1. The molecule has 1 aliphatic carbocycles. The van der Waals surface area contributed by atoms with Crippen molar-refractivity contribution in [3.05, 3.63) is 54.7 Å². The van der Waals surface area contributed by atoms with Gasteiger partial charge >= 0.3 is 0 Å². The van der Waals surface area contributed by atoms with E-state index in [0.29, 0.717) is 17.5 Å². The maximum atomic E-state index is 5.54. The van der Waals surface area contributed by atoms with Gasteiger partial charge in [0.15, 0.2) is 12.2 Å². The van der Waals surface area contributed by atoms with E-state index in [2.05, 4.69) is 30.1 Å². The molecule has 4 heterocycles. The monoisotopic (exact) mass is 361 g/mol. The molecule has 0 atom stereocenters. The third kappa shape index (κ3) is 2.55. The van der Waals surface area contributed by atoms with Gasteiger partial charge in [0, 0.05) is 24.2 Å². The summed E-state index contributed by atoms with van der Waals surface area (Å²) in [5.41, 5.74) is 7.90. The molecule has 0 unspecified atom stereocenters. The smallest absolute Gasteiger partial charge is 0.295 e. The number of nitrogens with two attached hydrogens (primary N) is 1. The second-order valence-corrected chi connectivity index (χ2v) is 6.49. The van der Waals surface area contributed by atoms with Crippen molar-refractivity contribution in [3.8, 4) is 22.9 Å². The number of hydrogen-bond donors (Lipinski definition) is 1. The van der Waals surface area contributed by atoms with Gasteiger partial charge in [-0.1, -0.05) is 17.6 Å². The van der Waals surface area contributed by atoms with Crippen molar-refractivity contribution in [1.29, 1.82) is 0 Å². The van der Waals surface area contributed by atoms with Crippen molar-refractivity contribution in [3.63, 3.8) is 0 Å². The number of anilines is 1. The van der Waals surface area contributed by atoms with Gasteiger partial charge in [-0.25, -0.2) is 15.0 Å². The summed E-state index contributed by atoms with van der Waals surface area (Å²) in [4.78, 5) is 21.0. The van der Waals surface area contributed by atoms with Crippen LogP contribution in [-0.2, 0) is 5.41 Å². The van der Waals surface area contributed by atoms with Gasteiger partial charge in [-0.3, -0.25) is 4.98 Å². The number of nitrogens with zero attached hydrogens (tertiary/aromatic N) is 6. The lowest BCUT2D eigenvalue weighted by Gasteiger charge is -2.39. The van der Waals surface area contributed by atoms with Crippen LogP contribution in [-0.4, -0.2) is 30.1 Å². The van der Waals surface area contributed by atoms with Gasteiger partial charge in [0.1, 0.15) is 0 Å². The van der Waals surface area contributed by atoms with E-state index in [4.69, 9.17) is 14.7 Å². The number of pyridine rings is 1. The van der Waals surface area contributed by atoms with E-state index in [-0.39, 0.29) is 11.4 Å². The van der Waals surface area contributed by atoms with Gasteiger partial charge in [-0.05, 0) is 24.5 Å². The van der Waals surface area contributed by atoms with Crippen LogP contribution in [0.4, 0.5) is 5.95 Å². The summed E-state index contributed by atoms with van der Waals surface area (Å²) in [7, 11) is 0. The fraction of sp³-hybridized carbons (Fsp3) is 0.222. The molecule has 9 nitrogen and oxygen atoms in total. The van der Waals surface area contributed by atoms with Gasteiger partial charge in [0.2, 0.25) is 11.7 Å². The van der Waals surface area contributed by atoms with E-state index in [1.165, 1.54) is 6.39 Å². The van der Waals surface area contributed by atoms with E-state index in [0.717, 1.165) is 36.1 Å². The molecule has 27 heavy (non-hydrogen) atoms. The molecule has 2 N–H and O–H groups in total.